The largest absolute Gasteiger partial charge is 0.338 e. The first-order valence-electron chi connectivity index (χ1n) is 6.93. The van der Waals surface area contributed by atoms with Crippen LogP contribution in [0.1, 0.15) is 11.7 Å². The molecule has 0 spiro atoms. The average molecular weight is 325 g/mol. The van der Waals surface area contributed by atoms with Gasteiger partial charge in [0.1, 0.15) is 0 Å². The molecule has 0 bridgehead atoms. The lowest BCUT2D eigenvalue weighted by molar-refractivity contribution is 0.203. The Bertz CT molecular complexity index is 586. The van der Waals surface area contributed by atoms with Crippen LogP contribution in [0.3, 0.4) is 0 Å². The predicted octanol–water partition coefficient (Wildman–Crippen LogP) is 2.42. The first-order valence-corrected chi connectivity index (χ1v) is 8.29. The molecule has 1 N–H and O–H groups in total. The average Bonchev–Trinajstić information content (AvgIpc) is 2.95. The van der Waals surface area contributed by atoms with Crippen LogP contribution in [0.25, 0.3) is 0 Å². The van der Waals surface area contributed by atoms with Crippen LogP contribution in [0.15, 0.2) is 33.7 Å². The normalized spacial score (nSPS) is 16.2. The second-order valence-electron chi connectivity index (χ2n) is 4.85. The Hall–Kier alpha value is -1.08. The number of hydrogen-bond donors (Lipinski definition) is 1. The number of hydrogen-bond acceptors (Lipinski definition) is 6. The summed E-state index contributed by atoms with van der Waals surface area (Å²) in [6.45, 7) is 4.80. The van der Waals surface area contributed by atoms with Crippen molar-refractivity contribution in [2.45, 2.75) is 17.2 Å². The fourth-order valence-corrected chi connectivity index (χ4v) is 3.26. The molecule has 0 radical (unpaired) electrons. The van der Waals surface area contributed by atoms with Crippen molar-refractivity contribution < 1.29 is 4.52 Å². The molecule has 0 aliphatic carbocycles. The van der Waals surface area contributed by atoms with Crippen LogP contribution < -0.4 is 5.32 Å². The van der Waals surface area contributed by atoms with Gasteiger partial charge in [-0.15, -0.1) is 11.8 Å². The minimum absolute atomic E-state index is 0.661. The number of rotatable bonds is 5. The first kappa shape index (κ1) is 14.8. The van der Waals surface area contributed by atoms with Crippen LogP contribution in [0.4, 0.5) is 0 Å². The van der Waals surface area contributed by atoms with Crippen molar-refractivity contribution in [2.75, 3.05) is 26.2 Å². The van der Waals surface area contributed by atoms with Gasteiger partial charge in [0.05, 0.1) is 17.3 Å². The van der Waals surface area contributed by atoms with Gasteiger partial charge in [-0.2, -0.15) is 4.98 Å². The molecule has 0 amide bonds. The van der Waals surface area contributed by atoms with Crippen molar-refractivity contribution in [1.82, 2.24) is 20.4 Å². The minimum atomic E-state index is 0.661. The molecular formula is C14H17ClN4OS. The Kier molecular flexibility index (Phi) is 5.13. The zero-order valence-electron chi connectivity index (χ0n) is 11.6. The molecule has 0 atom stereocenters. The zero-order valence-corrected chi connectivity index (χ0v) is 13.2. The molecule has 0 unspecified atom stereocenters. The highest BCUT2D eigenvalue weighted by atomic mass is 35.5. The van der Waals surface area contributed by atoms with Gasteiger partial charge in [-0.1, -0.05) is 28.9 Å². The van der Waals surface area contributed by atoms with Crippen molar-refractivity contribution in [3.63, 3.8) is 0 Å². The smallest absolute Gasteiger partial charge is 0.240 e. The Morgan fingerprint density at radius 3 is 2.90 bits per heavy atom. The lowest BCUT2D eigenvalue weighted by Gasteiger charge is -2.25. The molecule has 1 aliphatic rings. The van der Waals surface area contributed by atoms with E-state index in [-0.39, 0.29) is 0 Å². The van der Waals surface area contributed by atoms with E-state index < -0.39 is 0 Å². The quantitative estimate of drug-likeness (QED) is 0.852. The summed E-state index contributed by atoms with van der Waals surface area (Å²) in [5, 5.41) is 8.12. The number of piperazine rings is 1. The molecule has 1 aromatic carbocycles. The Balaban J connectivity index is 1.54. The topological polar surface area (TPSA) is 54.2 Å². The van der Waals surface area contributed by atoms with Crippen molar-refractivity contribution in [3.8, 4) is 0 Å². The Labute approximate surface area is 133 Å². The second-order valence-corrected chi connectivity index (χ2v) is 6.27. The molecule has 1 aliphatic heterocycles. The van der Waals surface area contributed by atoms with Crippen LogP contribution >= 0.6 is 23.4 Å². The van der Waals surface area contributed by atoms with Crippen LogP contribution in [0, 0.1) is 0 Å². The molecule has 21 heavy (non-hydrogen) atoms. The Morgan fingerprint density at radius 1 is 1.29 bits per heavy atom. The molecule has 1 saturated heterocycles. The number of thioether (sulfide) groups is 1. The summed E-state index contributed by atoms with van der Waals surface area (Å²) in [6, 6.07) is 7.78. The van der Waals surface area contributed by atoms with E-state index in [0.717, 1.165) is 42.6 Å². The molecule has 7 heteroatoms. The highest BCUT2D eigenvalue weighted by molar-refractivity contribution is 7.98. The van der Waals surface area contributed by atoms with Gasteiger partial charge in [0.2, 0.25) is 5.89 Å². The second kappa shape index (κ2) is 7.26. The van der Waals surface area contributed by atoms with E-state index in [0.29, 0.717) is 17.5 Å². The number of nitrogens with one attached hydrogen (secondary N) is 1. The predicted molar refractivity (Wildman–Crippen MR) is 83.5 cm³/mol. The highest BCUT2D eigenvalue weighted by Crippen LogP contribution is 2.28. The van der Waals surface area contributed by atoms with Crippen LogP contribution in [0.2, 0.25) is 5.02 Å². The Morgan fingerprint density at radius 2 is 2.10 bits per heavy atom. The van der Waals surface area contributed by atoms with Crippen molar-refractivity contribution in [1.29, 1.82) is 0 Å². The molecular weight excluding hydrogens is 308 g/mol. The summed E-state index contributed by atoms with van der Waals surface area (Å²) in [6.07, 6.45) is 0. The van der Waals surface area contributed by atoms with Crippen molar-refractivity contribution in [2.24, 2.45) is 0 Å². The number of aromatic nitrogens is 2. The van der Waals surface area contributed by atoms with Gasteiger partial charge in [-0.3, -0.25) is 4.90 Å². The van der Waals surface area contributed by atoms with E-state index in [9.17, 15) is 0 Å². The highest BCUT2D eigenvalue weighted by Gasteiger charge is 2.14. The molecule has 112 valence electrons. The summed E-state index contributed by atoms with van der Waals surface area (Å²) < 4.78 is 5.32. The van der Waals surface area contributed by atoms with Gasteiger partial charge in [0.15, 0.2) is 5.82 Å². The molecule has 1 aromatic heterocycles. The van der Waals surface area contributed by atoms with E-state index in [2.05, 4.69) is 20.4 Å². The molecule has 1 fully saturated rings. The van der Waals surface area contributed by atoms with E-state index in [4.69, 9.17) is 16.1 Å². The summed E-state index contributed by atoms with van der Waals surface area (Å²) in [5.41, 5.74) is 0. The SMILES string of the molecule is Clc1ccccc1SCc1noc(CN2CCNCC2)n1. The van der Waals surface area contributed by atoms with Crippen molar-refractivity contribution in [3.05, 3.63) is 41.0 Å². The molecule has 0 saturated carbocycles. The van der Waals surface area contributed by atoms with Gasteiger partial charge in [-0.25, -0.2) is 0 Å². The zero-order chi connectivity index (χ0) is 14.5. The summed E-state index contributed by atoms with van der Waals surface area (Å²) in [4.78, 5) is 7.79. The van der Waals surface area contributed by atoms with Crippen LogP contribution in [0.5, 0.6) is 0 Å². The standard InChI is InChI=1S/C14H17ClN4OS/c15-11-3-1-2-4-12(11)21-10-13-17-14(20-18-13)9-19-7-5-16-6-8-19/h1-4,16H,5-10H2. The van der Waals surface area contributed by atoms with Gasteiger partial charge in [0.25, 0.3) is 0 Å². The van der Waals surface area contributed by atoms with Gasteiger partial charge >= 0.3 is 0 Å². The van der Waals surface area contributed by atoms with E-state index in [1.807, 2.05) is 24.3 Å². The minimum Gasteiger partial charge on any atom is -0.338 e. The fourth-order valence-electron chi connectivity index (χ4n) is 2.18. The summed E-state index contributed by atoms with van der Waals surface area (Å²) in [5.74, 6) is 2.06. The molecule has 2 aromatic rings. The van der Waals surface area contributed by atoms with E-state index >= 15 is 0 Å². The lowest BCUT2D eigenvalue weighted by atomic mass is 10.3. The van der Waals surface area contributed by atoms with Crippen LogP contribution in [-0.4, -0.2) is 41.2 Å². The maximum absolute atomic E-state index is 6.13. The van der Waals surface area contributed by atoms with Crippen LogP contribution in [-0.2, 0) is 12.3 Å². The van der Waals surface area contributed by atoms with Gasteiger partial charge in [0, 0.05) is 31.1 Å². The molecule has 2 heterocycles. The third kappa shape index (κ3) is 4.20. The fraction of sp³-hybridized carbons (Fsp3) is 0.429. The number of benzene rings is 1. The van der Waals surface area contributed by atoms with Gasteiger partial charge in [-0.05, 0) is 12.1 Å². The summed E-state index contributed by atoms with van der Waals surface area (Å²) >= 11 is 7.75. The van der Waals surface area contributed by atoms with E-state index in [1.54, 1.807) is 11.8 Å². The third-order valence-electron chi connectivity index (χ3n) is 3.27. The molecule has 5 nitrogen and oxygen atoms in total. The maximum atomic E-state index is 6.13. The lowest BCUT2D eigenvalue weighted by Crippen LogP contribution is -2.42. The number of nitrogens with zero attached hydrogens (tertiary/aromatic N) is 3. The summed E-state index contributed by atoms with van der Waals surface area (Å²) in [7, 11) is 0. The third-order valence-corrected chi connectivity index (χ3v) is 4.78. The monoisotopic (exact) mass is 324 g/mol. The number of halogens is 1. The maximum Gasteiger partial charge on any atom is 0.240 e. The molecule has 3 rings (SSSR count). The first-order chi connectivity index (χ1) is 10.3. The van der Waals surface area contributed by atoms with Gasteiger partial charge < -0.3 is 9.84 Å². The van der Waals surface area contributed by atoms with Crippen molar-refractivity contribution >= 4 is 23.4 Å². The van der Waals surface area contributed by atoms with E-state index in [1.165, 1.54) is 0 Å².